The van der Waals surface area contributed by atoms with Crippen LogP contribution < -0.4 is 10.2 Å². The van der Waals surface area contributed by atoms with Crippen molar-refractivity contribution in [2.75, 3.05) is 24.5 Å². The van der Waals surface area contributed by atoms with Crippen molar-refractivity contribution >= 4 is 22.8 Å². The number of nitrogens with zero attached hydrogens (tertiary/aromatic N) is 5. The van der Waals surface area contributed by atoms with Crippen LogP contribution in [0.2, 0.25) is 0 Å². The summed E-state index contributed by atoms with van der Waals surface area (Å²) in [7, 11) is 1.98. The maximum Gasteiger partial charge on any atom is 0.338 e. The van der Waals surface area contributed by atoms with Crippen molar-refractivity contribution in [3.05, 3.63) is 47.9 Å². The molecule has 1 aliphatic heterocycles. The fourth-order valence-electron chi connectivity index (χ4n) is 3.75. The molecule has 0 saturated carbocycles. The second-order valence-electron chi connectivity index (χ2n) is 7.23. The highest BCUT2D eigenvalue weighted by Crippen LogP contribution is 2.21. The predicted molar refractivity (Wildman–Crippen MR) is 106 cm³/mol. The fraction of sp³-hybridized carbons (Fsp3) is 0.400. The molecule has 146 valence electrons. The van der Waals surface area contributed by atoms with Crippen molar-refractivity contribution in [1.82, 2.24) is 25.1 Å². The van der Waals surface area contributed by atoms with E-state index in [1.807, 2.05) is 23.9 Å². The Bertz CT molecular complexity index is 960. The first-order valence-corrected chi connectivity index (χ1v) is 9.53. The molecule has 8 nitrogen and oxygen atoms in total. The van der Waals surface area contributed by atoms with Gasteiger partial charge in [-0.1, -0.05) is 18.2 Å². The molecule has 1 aliphatic rings. The lowest BCUT2D eigenvalue weighted by Crippen LogP contribution is -2.38. The molecule has 3 heterocycles. The van der Waals surface area contributed by atoms with E-state index in [1.54, 1.807) is 0 Å². The normalized spacial score (nSPS) is 15.2. The Kier molecular flexibility index (Phi) is 5.21. The van der Waals surface area contributed by atoms with Crippen molar-refractivity contribution in [2.45, 2.75) is 19.4 Å². The monoisotopic (exact) mass is 380 g/mol. The van der Waals surface area contributed by atoms with Gasteiger partial charge in [0.2, 0.25) is 5.95 Å². The van der Waals surface area contributed by atoms with Crippen molar-refractivity contribution in [1.29, 1.82) is 0 Å². The lowest BCUT2D eigenvalue weighted by molar-refractivity contribution is 0.0696. The molecule has 1 aromatic carbocycles. The Labute approximate surface area is 163 Å². The minimum Gasteiger partial charge on any atom is -0.478 e. The molecule has 2 N–H and O–H groups in total. The molecule has 0 bridgehead atoms. The molecule has 0 unspecified atom stereocenters. The molecule has 1 fully saturated rings. The van der Waals surface area contributed by atoms with E-state index in [4.69, 9.17) is 5.11 Å². The second-order valence-corrected chi connectivity index (χ2v) is 7.23. The van der Waals surface area contributed by atoms with Gasteiger partial charge in [-0.15, -0.1) is 0 Å². The molecule has 28 heavy (non-hydrogen) atoms. The lowest BCUT2D eigenvalue weighted by atomic mass is 9.97. The Morgan fingerprint density at radius 1 is 1.21 bits per heavy atom. The van der Waals surface area contributed by atoms with E-state index in [2.05, 4.69) is 37.4 Å². The van der Waals surface area contributed by atoms with E-state index >= 15 is 0 Å². The summed E-state index contributed by atoms with van der Waals surface area (Å²) in [5.41, 5.74) is 2.36. The van der Waals surface area contributed by atoms with Gasteiger partial charge in [0.05, 0.1) is 16.8 Å². The zero-order chi connectivity index (χ0) is 19.5. The summed E-state index contributed by atoms with van der Waals surface area (Å²) < 4.78 is 1.93. The number of hydrogen-bond acceptors (Lipinski definition) is 6. The first kappa shape index (κ1) is 18.4. The van der Waals surface area contributed by atoms with E-state index < -0.39 is 5.97 Å². The van der Waals surface area contributed by atoms with Crippen LogP contribution in [0, 0.1) is 5.92 Å². The smallest absolute Gasteiger partial charge is 0.338 e. The zero-order valence-electron chi connectivity index (χ0n) is 15.9. The predicted octanol–water partition coefficient (Wildman–Crippen LogP) is 2.07. The van der Waals surface area contributed by atoms with Crippen LogP contribution in [0.25, 0.3) is 10.9 Å². The highest BCUT2D eigenvalue weighted by Gasteiger charge is 2.21. The van der Waals surface area contributed by atoms with Crippen molar-refractivity contribution in [2.24, 2.45) is 13.0 Å². The maximum absolute atomic E-state index is 10.9. The van der Waals surface area contributed by atoms with Gasteiger partial charge in [-0.05, 0) is 31.4 Å². The third-order valence-electron chi connectivity index (χ3n) is 5.34. The Morgan fingerprint density at radius 2 is 1.93 bits per heavy atom. The third-order valence-corrected chi connectivity index (χ3v) is 5.34. The topological polar surface area (TPSA) is 96.2 Å². The molecular weight excluding hydrogens is 356 g/mol. The first-order valence-electron chi connectivity index (χ1n) is 9.53. The molecule has 3 aromatic rings. The summed E-state index contributed by atoms with van der Waals surface area (Å²) in [6.07, 6.45) is 4.85. The van der Waals surface area contributed by atoms with Crippen molar-refractivity contribution in [3.8, 4) is 0 Å². The highest BCUT2D eigenvalue weighted by molar-refractivity contribution is 5.86. The van der Waals surface area contributed by atoms with Crippen molar-refractivity contribution < 1.29 is 9.90 Å². The summed E-state index contributed by atoms with van der Waals surface area (Å²) in [5, 5.41) is 18.3. The largest absolute Gasteiger partial charge is 0.478 e. The number of aryl methyl sites for hydroxylation is 1. The van der Waals surface area contributed by atoms with E-state index in [0.29, 0.717) is 11.9 Å². The Hall–Kier alpha value is -3.00. The number of rotatable bonds is 6. The number of fused-ring (bicyclic) bond motifs is 1. The zero-order valence-corrected chi connectivity index (χ0v) is 15.9. The number of carboxylic acid groups (broad SMARTS) is 1. The van der Waals surface area contributed by atoms with Gasteiger partial charge >= 0.3 is 5.97 Å². The molecule has 2 aromatic heterocycles. The summed E-state index contributed by atoms with van der Waals surface area (Å²) >= 11 is 0. The highest BCUT2D eigenvalue weighted by atomic mass is 16.4. The number of anilines is 1. The molecule has 1 saturated heterocycles. The molecule has 4 rings (SSSR count). The fourth-order valence-corrected chi connectivity index (χ4v) is 3.75. The number of para-hydroxylation sites is 1. The minimum absolute atomic E-state index is 0.116. The number of aromatic nitrogens is 4. The molecular formula is C20H24N6O2. The van der Waals surface area contributed by atoms with Crippen LogP contribution in [0.15, 0.2) is 36.7 Å². The Morgan fingerprint density at radius 3 is 2.64 bits per heavy atom. The van der Waals surface area contributed by atoms with Gasteiger partial charge in [0.15, 0.2) is 0 Å². The van der Waals surface area contributed by atoms with Crippen LogP contribution in [-0.2, 0) is 13.6 Å². The van der Waals surface area contributed by atoms with Crippen molar-refractivity contribution in [3.63, 3.8) is 0 Å². The molecule has 0 spiro atoms. The van der Waals surface area contributed by atoms with Crippen LogP contribution in [0.3, 0.4) is 0 Å². The van der Waals surface area contributed by atoms with Crippen LogP contribution in [0.5, 0.6) is 0 Å². The van der Waals surface area contributed by atoms with Gasteiger partial charge in [-0.2, -0.15) is 5.10 Å². The van der Waals surface area contributed by atoms with Crippen LogP contribution in [0.4, 0.5) is 5.95 Å². The average molecular weight is 380 g/mol. The van der Waals surface area contributed by atoms with Crippen LogP contribution >= 0.6 is 0 Å². The number of nitrogens with one attached hydrogen (secondary N) is 1. The van der Waals surface area contributed by atoms with Gasteiger partial charge in [0, 0.05) is 44.5 Å². The second kappa shape index (κ2) is 7.93. The number of piperidine rings is 1. The first-order chi connectivity index (χ1) is 13.6. The average Bonchev–Trinajstić information content (AvgIpc) is 3.05. The lowest BCUT2D eigenvalue weighted by Gasteiger charge is -2.32. The Balaban J connectivity index is 1.27. The van der Waals surface area contributed by atoms with E-state index in [1.165, 1.54) is 17.8 Å². The summed E-state index contributed by atoms with van der Waals surface area (Å²) in [4.78, 5) is 21.4. The van der Waals surface area contributed by atoms with Crippen LogP contribution in [0.1, 0.15) is 28.9 Å². The number of carboxylic acids is 1. The van der Waals surface area contributed by atoms with Gasteiger partial charge in [-0.25, -0.2) is 14.8 Å². The number of carbonyl (C=O) groups is 1. The van der Waals surface area contributed by atoms with Gasteiger partial charge in [-0.3, -0.25) is 4.68 Å². The molecule has 0 aliphatic carbocycles. The number of hydrogen-bond donors (Lipinski definition) is 2. The maximum atomic E-state index is 10.9. The summed E-state index contributed by atoms with van der Waals surface area (Å²) in [6, 6.07) is 8.29. The van der Waals surface area contributed by atoms with E-state index in [9.17, 15) is 4.79 Å². The molecule has 0 amide bonds. The number of aromatic carboxylic acids is 1. The standard InChI is InChI=1S/C20H24N6O2/c1-25-18-5-3-2-4-16(18)17(24-25)13-21-10-14-6-8-26(9-7-14)20-22-11-15(12-23-20)19(27)28/h2-5,11-12,14,21H,6-10,13H2,1H3,(H,27,28). The quantitative estimate of drug-likeness (QED) is 0.676. The minimum atomic E-state index is -1.00. The van der Waals surface area contributed by atoms with E-state index in [0.717, 1.165) is 50.2 Å². The van der Waals surface area contributed by atoms with Gasteiger partial charge in [0.1, 0.15) is 0 Å². The van der Waals surface area contributed by atoms with Gasteiger partial charge in [0.25, 0.3) is 0 Å². The number of benzene rings is 1. The summed E-state index contributed by atoms with van der Waals surface area (Å²) in [6.45, 7) is 3.48. The molecule has 0 radical (unpaired) electrons. The van der Waals surface area contributed by atoms with Gasteiger partial charge < -0.3 is 15.3 Å². The molecule has 8 heteroatoms. The molecule has 0 atom stereocenters. The SMILES string of the molecule is Cn1nc(CNCC2CCN(c3ncc(C(=O)O)cn3)CC2)c2ccccc21. The third kappa shape index (κ3) is 3.82. The van der Waals surface area contributed by atoms with Crippen LogP contribution in [-0.4, -0.2) is 50.5 Å². The summed E-state index contributed by atoms with van der Waals surface area (Å²) in [5.74, 6) is 0.206. The van der Waals surface area contributed by atoms with E-state index in [-0.39, 0.29) is 5.56 Å².